The number of halogens is 2. The molecule has 0 aliphatic carbocycles. The highest BCUT2D eigenvalue weighted by Gasteiger charge is 2.30. The lowest BCUT2D eigenvalue weighted by Gasteiger charge is -2.26. The third kappa shape index (κ3) is 11.8. The number of urea groups is 1. The van der Waals surface area contributed by atoms with Crippen molar-refractivity contribution in [1.29, 1.82) is 0 Å². The summed E-state index contributed by atoms with van der Waals surface area (Å²) in [5.74, 6) is -2.79. The number of benzene rings is 2. The van der Waals surface area contributed by atoms with E-state index in [1.807, 2.05) is 0 Å². The van der Waals surface area contributed by atoms with E-state index in [2.05, 4.69) is 26.6 Å². The number of hydrogen-bond donors (Lipinski definition) is 5. The number of hydrogen-bond acceptors (Lipinski definition) is 6. The van der Waals surface area contributed by atoms with Gasteiger partial charge < -0.3 is 31.3 Å². The predicted octanol–water partition coefficient (Wildman–Crippen LogP) is 2.96. The minimum Gasteiger partial charge on any atom is -0.467 e. The highest BCUT2D eigenvalue weighted by atomic mass is 35.5. The second kappa shape index (κ2) is 17.9. The van der Waals surface area contributed by atoms with Crippen LogP contribution in [0.15, 0.2) is 60.7 Å². The van der Waals surface area contributed by atoms with Gasteiger partial charge in [-0.1, -0.05) is 55.8 Å². The van der Waals surface area contributed by atoms with Crippen LogP contribution in [0.25, 0.3) is 0 Å². The molecule has 5 amide bonds. The van der Waals surface area contributed by atoms with Crippen LogP contribution >= 0.6 is 11.6 Å². The molecule has 2 aromatic rings. The molecular weight excluding hydrogens is 617 g/mol. The molecule has 2 aromatic carbocycles. The monoisotopic (exact) mass is 657 g/mol. The average molecular weight is 658 g/mol. The summed E-state index contributed by atoms with van der Waals surface area (Å²) in [4.78, 5) is 64.8. The van der Waals surface area contributed by atoms with Crippen LogP contribution in [0.5, 0.6) is 0 Å². The summed E-state index contributed by atoms with van der Waals surface area (Å²) in [6, 6.07) is 8.14. The van der Waals surface area contributed by atoms with Gasteiger partial charge in [0.05, 0.1) is 13.2 Å². The first-order valence-electron chi connectivity index (χ1n) is 15.2. The summed E-state index contributed by atoms with van der Waals surface area (Å²) in [6.07, 6.45) is 4.43. The van der Waals surface area contributed by atoms with Gasteiger partial charge in [-0.2, -0.15) is 0 Å². The maximum Gasteiger partial charge on any atom is 0.328 e. The summed E-state index contributed by atoms with van der Waals surface area (Å²) >= 11 is 6.03. The van der Waals surface area contributed by atoms with Crippen LogP contribution in [-0.2, 0) is 36.8 Å². The minimum absolute atomic E-state index is 0.0618. The van der Waals surface area contributed by atoms with E-state index in [1.54, 1.807) is 50.2 Å². The van der Waals surface area contributed by atoms with Gasteiger partial charge in [-0.25, -0.2) is 14.0 Å². The van der Waals surface area contributed by atoms with E-state index in [-0.39, 0.29) is 31.1 Å². The van der Waals surface area contributed by atoms with Crippen molar-refractivity contribution in [3.8, 4) is 0 Å². The normalized spacial score (nSPS) is 19.3. The molecule has 46 heavy (non-hydrogen) atoms. The molecule has 0 aromatic heterocycles. The van der Waals surface area contributed by atoms with Crippen molar-refractivity contribution in [2.45, 2.75) is 70.1 Å². The van der Waals surface area contributed by atoms with Gasteiger partial charge >= 0.3 is 12.0 Å². The zero-order chi connectivity index (χ0) is 33.6. The number of esters is 1. The third-order valence-corrected chi connectivity index (χ3v) is 7.64. The molecule has 0 saturated carbocycles. The Morgan fingerprint density at radius 2 is 1.78 bits per heavy atom. The molecule has 1 aliphatic heterocycles. The van der Waals surface area contributed by atoms with E-state index in [9.17, 15) is 28.4 Å². The first-order valence-corrected chi connectivity index (χ1v) is 15.5. The van der Waals surface area contributed by atoms with Gasteiger partial charge in [-0.05, 0) is 67.0 Å². The lowest BCUT2D eigenvalue weighted by atomic mass is 10.0. The van der Waals surface area contributed by atoms with Crippen LogP contribution in [0.4, 0.5) is 9.18 Å². The number of amides is 5. The predicted molar refractivity (Wildman–Crippen MR) is 171 cm³/mol. The maximum absolute atomic E-state index is 13.9. The standard InChI is InChI=1S/C33H41ClFN5O6/c1-20(2)29(32(44)46-3)40-33(45)39-27(19-21-10-12-23(34)13-11-21)31(43)38-26-9-4-5-16-36-28(41)15-14-25(37-30(26)42)18-22-7-6-8-24(35)17-22/h6-8,10-15,17,20,25-27,29H,4-5,9,16,18-19H2,1-3H3,(H,36,41)(H,37,42)(H,38,43)(H2,39,40,45)/b15-14-/t25-,26+,27+,29+/m1/s1. The number of carbonyl (C=O) groups is 5. The number of rotatable bonds is 10. The van der Waals surface area contributed by atoms with Crippen molar-refractivity contribution in [1.82, 2.24) is 26.6 Å². The van der Waals surface area contributed by atoms with Gasteiger partial charge in [0.15, 0.2) is 0 Å². The highest BCUT2D eigenvalue weighted by molar-refractivity contribution is 6.30. The Hall–Kier alpha value is -4.45. The van der Waals surface area contributed by atoms with Crippen LogP contribution in [0.2, 0.25) is 5.02 Å². The lowest BCUT2D eigenvalue weighted by Crippen LogP contribution is -2.58. The maximum atomic E-state index is 13.9. The average Bonchev–Trinajstić information content (AvgIpc) is 3.01. The molecular formula is C33H41ClFN5O6. The van der Waals surface area contributed by atoms with Gasteiger partial charge in [0.2, 0.25) is 17.7 Å². The Kier molecular flexibility index (Phi) is 14.0. The fourth-order valence-electron chi connectivity index (χ4n) is 4.89. The quantitative estimate of drug-likeness (QED) is 0.248. The van der Waals surface area contributed by atoms with Crippen LogP contribution in [0.1, 0.15) is 44.2 Å². The zero-order valence-electron chi connectivity index (χ0n) is 26.1. The van der Waals surface area contributed by atoms with Gasteiger partial charge in [-0.3, -0.25) is 14.4 Å². The Balaban J connectivity index is 1.82. The molecule has 0 bridgehead atoms. The van der Waals surface area contributed by atoms with Crippen LogP contribution in [0, 0.1) is 11.7 Å². The van der Waals surface area contributed by atoms with E-state index < -0.39 is 53.8 Å². The number of carbonyl (C=O) groups excluding carboxylic acids is 5. The fraction of sp³-hybridized carbons (Fsp3) is 0.424. The molecule has 11 nitrogen and oxygen atoms in total. The first-order chi connectivity index (χ1) is 21.9. The molecule has 0 radical (unpaired) electrons. The summed E-state index contributed by atoms with van der Waals surface area (Å²) in [5, 5.41) is 14.1. The Labute approximate surface area is 273 Å². The molecule has 5 N–H and O–H groups in total. The number of methoxy groups -OCH3 is 1. The number of ether oxygens (including phenoxy) is 1. The van der Waals surface area contributed by atoms with E-state index in [0.717, 1.165) is 0 Å². The van der Waals surface area contributed by atoms with Gasteiger partial charge in [-0.15, -0.1) is 0 Å². The summed E-state index contributed by atoms with van der Waals surface area (Å²) in [7, 11) is 1.22. The minimum atomic E-state index is -1.14. The third-order valence-electron chi connectivity index (χ3n) is 7.39. The van der Waals surface area contributed by atoms with Crippen LogP contribution in [-0.4, -0.2) is 67.5 Å². The number of nitrogens with one attached hydrogen (secondary N) is 5. The van der Waals surface area contributed by atoms with Crippen molar-refractivity contribution >= 4 is 41.3 Å². The summed E-state index contributed by atoms with van der Waals surface area (Å²) < 4.78 is 18.7. The zero-order valence-corrected chi connectivity index (χ0v) is 26.9. The van der Waals surface area contributed by atoms with E-state index in [4.69, 9.17) is 16.3 Å². The van der Waals surface area contributed by atoms with Crippen LogP contribution in [0.3, 0.4) is 0 Å². The Morgan fingerprint density at radius 1 is 1.04 bits per heavy atom. The molecule has 0 fully saturated rings. The largest absolute Gasteiger partial charge is 0.467 e. The van der Waals surface area contributed by atoms with E-state index >= 15 is 0 Å². The molecule has 0 saturated heterocycles. The van der Waals surface area contributed by atoms with Crippen molar-refractivity contribution in [2.75, 3.05) is 13.7 Å². The Morgan fingerprint density at radius 3 is 2.46 bits per heavy atom. The summed E-state index contributed by atoms with van der Waals surface area (Å²) in [5.41, 5.74) is 1.30. The SMILES string of the molecule is COC(=O)[C@@H](NC(=O)N[C@@H](Cc1ccc(Cl)cc1)C(=O)N[C@H]1CCCCNC(=O)/C=C\[C@H](Cc2cccc(F)c2)NC1=O)C(C)C. The van der Waals surface area contributed by atoms with Crippen molar-refractivity contribution in [3.63, 3.8) is 0 Å². The van der Waals surface area contributed by atoms with Crippen molar-refractivity contribution < 1.29 is 33.1 Å². The van der Waals surface area contributed by atoms with Crippen molar-refractivity contribution in [2.24, 2.45) is 5.92 Å². The molecule has 1 aliphatic rings. The molecule has 4 atom stereocenters. The van der Waals surface area contributed by atoms with Crippen LogP contribution < -0.4 is 26.6 Å². The lowest BCUT2D eigenvalue weighted by molar-refractivity contribution is -0.144. The molecule has 1 heterocycles. The van der Waals surface area contributed by atoms with E-state index in [1.165, 1.54) is 31.4 Å². The molecule has 0 unspecified atom stereocenters. The second-order valence-corrected chi connectivity index (χ2v) is 11.8. The molecule has 0 spiro atoms. The van der Waals surface area contributed by atoms with Gasteiger partial charge in [0, 0.05) is 24.1 Å². The first kappa shape index (κ1) is 36.0. The molecule has 13 heteroatoms. The second-order valence-electron chi connectivity index (χ2n) is 11.4. The fourth-order valence-corrected chi connectivity index (χ4v) is 5.01. The summed E-state index contributed by atoms with van der Waals surface area (Å²) in [6.45, 7) is 3.85. The van der Waals surface area contributed by atoms with Gasteiger partial charge in [0.25, 0.3) is 0 Å². The topological polar surface area (TPSA) is 155 Å². The highest BCUT2D eigenvalue weighted by Crippen LogP contribution is 2.13. The smallest absolute Gasteiger partial charge is 0.328 e. The van der Waals surface area contributed by atoms with Gasteiger partial charge in [0.1, 0.15) is 23.9 Å². The van der Waals surface area contributed by atoms with Crippen molar-refractivity contribution in [3.05, 3.63) is 82.6 Å². The van der Waals surface area contributed by atoms with E-state index in [0.29, 0.717) is 35.5 Å². The molecule has 3 rings (SSSR count). The Bertz CT molecular complexity index is 1400. The molecule has 248 valence electrons.